The molecule has 0 saturated carbocycles. The van der Waals surface area contributed by atoms with Crippen molar-refractivity contribution in [3.8, 4) is 34.6 Å². The molecule has 5 rings (SSSR count). The molecule has 8 nitrogen and oxygen atoms in total. The molecule has 0 spiro atoms. The maximum atomic E-state index is 14.2. The Labute approximate surface area is 224 Å². The van der Waals surface area contributed by atoms with Crippen molar-refractivity contribution in [3.63, 3.8) is 0 Å². The summed E-state index contributed by atoms with van der Waals surface area (Å²) in [6.07, 6.45) is 2.66. The molecule has 1 fully saturated rings. The molecule has 0 aliphatic carbocycles. The van der Waals surface area contributed by atoms with Crippen LogP contribution in [-0.2, 0) is 11.4 Å². The standard InChI is InChI=1S/C30H25FN4O4/c31-23-5-10-28(38-19-21-3-8-25(9-4-21)39-24-6-1-20(18-32)2-7-24)26(17-23)27-11-14-33-30(34-27)35-15-12-22(13-16-35)29(36)37/h1-11,14,17,22H,12-13,15-16,19H2,(H,36,37). The minimum atomic E-state index is -0.778. The normalized spacial score (nSPS) is 13.5. The van der Waals surface area contributed by atoms with E-state index in [0.717, 1.165) is 5.56 Å². The lowest BCUT2D eigenvalue weighted by molar-refractivity contribution is -0.142. The average molecular weight is 525 g/mol. The van der Waals surface area contributed by atoms with Gasteiger partial charge in [-0.15, -0.1) is 0 Å². The molecule has 0 unspecified atom stereocenters. The number of hydrogen-bond acceptors (Lipinski definition) is 7. The molecule has 0 atom stereocenters. The lowest BCUT2D eigenvalue weighted by Gasteiger charge is -2.30. The second kappa shape index (κ2) is 11.6. The zero-order valence-corrected chi connectivity index (χ0v) is 21.0. The minimum Gasteiger partial charge on any atom is -0.488 e. The number of rotatable bonds is 8. The van der Waals surface area contributed by atoms with Crippen LogP contribution in [0.2, 0.25) is 0 Å². The van der Waals surface area contributed by atoms with Crippen LogP contribution in [0.5, 0.6) is 17.2 Å². The van der Waals surface area contributed by atoms with Gasteiger partial charge in [0.05, 0.1) is 23.2 Å². The number of aliphatic carboxylic acids is 1. The van der Waals surface area contributed by atoms with Crippen molar-refractivity contribution in [1.82, 2.24) is 9.97 Å². The van der Waals surface area contributed by atoms with Crippen molar-refractivity contribution in [2.75, 3.05) is 18.0 Å². The predicted molar refractivity (Wildman–Crippen MR) is 142 cm³/mol. The van der Waals surface area contributed by atoms with E-state index < -0.39 is 11.8 Å². The van der Waals surface area contributed by atoms with E-state index in [2.05, 4.69) is 16.0 Å². The van der Waals surface area contributed by atoms with Crippen molar-refractivity contribution in [2.45, 2.75) is 19.4 Å². The maximum absolute atomic E-state index is 14.2. The first-order valence-corrected chi connectivity index (χ1v) is 12.5. The van der Waals surface area contributed by atoms with Crippen LogP contribution in [0.3, 0.4) is 0 Å². The van der Waals surface area contributed by atoms with E-state index in [9.17, 15) is 14.3 Å². The molecule has 3 aromatic carbocycles. The third-order valence-corrected chi connectivity index (χ3v) is 6.52. The molecule has 39 heavy (non-hydrogen) atoms. The summed E-state index contributed by atoms with van der Waals surface area (Å²) in [5, 5.41) is 18.2. The Morgan fingerprint density at radius 3 is 2.38 bits per heavy atom. The van der Waals surface area contributed by atoms with Crippen LogP contribution < -0.4 is 14.4 Å². The van der Waals surface area contributed by atoms with Gasteiger partial charge in [-0.25, -0.2) is 14.4 Å². The van der Waals surface area contributed by atoms with Gasteiger partial charge in [0.25, 0.3) is 0 Å². The maximum Gasteiger partial charge on any atom is 0.306 e. The summed E-state index contributed by atoms with van der Waals surface area (Å²) >= 11 is 0. The van der Waals surface area contributed by atoms with Crippen LogP contribution in [0.25, 0.3) is 11.3 Å². The fourth-order valence-electron chi connectivity index (χ4n) is 4.35. The molecule has 1 aromatic heterocycles. The number of carbonyl (C=O) groups is 1. The molecule has 2 heterocycles. The number of ether oxygens (including phenoxy) is 2. The van der Waals surface area contributed by atoms with Gasteiger partial charge in [-0.1, -0.05) is 12.1 Å². The van der Waals surface area contributed by atoms with E-state index in [1.54, 1.807) is 42.6 Å². The van der Waals surface area contributed by atoms with Gasteiger partial charge in [0.1, 0.15) is 29.7 Å². The Kier molecular flexibility index (Phi) is 7.64. The third-order valence-electron chi connectivity index (χ3n) is 6.52. The largest absolute Gasteiger partial charge is 0.488 e. The number of benzene rings is 3. The molecule has 0 bridgehead atoms. The SMILES string of the molecule is N#Cc1ccc(Oc2ccc(COc3ccc(F)cc3-c3ccnc(N4CCC(C(=O)O)CC4)n3)cc2)cc1. The van der Waals surface area contributed by atoms with Gasteiger partial charge in [-0.3, -0.25) is 4.79 Å². The molecule has 1 saturated heterocycles. The van der Waals surface area contributed by atoms with Gasteiger partial charge < -0.3 is 19.5 Å². The topological polar surface area (TPSA) is 109 Å². The highest BCUT2D eigenvalue weighted by Gasteiger charge is 2.26. The quantitative estimate of drug-likeness (QED) is 0.307. The first-order chi connectivity index (χ1) is 19.0. The number of carboxylic acids is 1. The Morgan fingerprint density at radius 1 is 1.03 bits per heavy atom. The Morgan fingerprint density at radius 2 is 1.72 bits per heavy atom. The first-order valence-electron chi connectivity index (χ1n) is 12.5. The first kappa shape index (κ1) is 25.7. The minimum absolute atomic E-state index is 0.246. The highest BCUT2D eigenvalue weighted by molar-refractivity contribution is 5.70. The highest BCUT2D eigenvalue weighted by atomic mass is 19.1. The summed E-state index contributed by atoms with van der Waals surface area (Å²) in [5.74, 6) is 0.678. The smallest absolute Gasteiger partial charge is 0.306 e. The molecular formula is C30H25FN4O4. The van der Waals surface area contributed by atoms with Gasteiger partial charge >= 0.3 is 5.97 Å². The van der Waals surface area contributed by atoms with Crippen LogP contribution in [-0.4, -0.2) is 34.1 Å². The fourth-order valence-corrected chi connectivity index (χ4v) is 4.35. The Hall–Kier alpha value is -4.97. The molecule has 1 N–H and O–H groups in total. The number of nitrogens with zero attached hydrogens (tertiary/aromatic N) is 4. The van der Waals surface area contributed by atoms with E-state index in [-0.39, 0.29) is 12.5 Å². The van der Waals surface area contributed by atoms with Gasteiger partial charge in [-0.2, -0.15) is 5.26 Å². The van der Waals surface area contributed by atoms with Gasteiger partial charge in [0.15, 0.2) is 0 Å². The number of halogens is 1. The van der Waals surface area contributed by atoms with Crippen molar-refractivity contribution >= 4 is 11.9 Å². The van der Waals surface area contributed by atoms with Crippen LogP contribution >= 0.6 is 0 Å². The summed E-state index contributed by atoms with van der Waals surface area (Å²) in [6.45, 7) is 1.33. The van der Waals surface area contributed by atoms with Crippen molar-refractivity contribution in [3.05, 3.63) is 95.9 Å². The van der Waals surface area contributed by atoms with Gasteiger partial charge in [0, 0.05) is 24.8 Å². The molecular weight excluding hydrogens is 499 g/mol. The lowest BCUT2D eigenvalue weighted by atomic mass is 9.97. The predicted octanol–water partition coefficient (Wildman–Crippen LogP) is 5.83. The van der Waals surface area contributed by atoms with E-state index in [1.165, 1.54) is 12.1 Å². The van der Waals surface area contributed by atoms with Crippen LogP contribution in [0, 0.1) is 23.1 Å². The third kappa shape index (κ3) is 6.30. The van der Waals surface area contributed by atoms with Gasteiger partial charge in [0.2, 0.25) is 5.95 Å². The number of piperidine rings is 1. The fraction of sp³-hybridized carbons (Fsp3) is 0.200. The average Bonchev–Trinajstić information content (AvgIpc) is 2.98. The van der Waals surface area contributed by atoms with Crippen molar-refractivity contribution < 1.29 is 23.8 Å². The molecule has 1 aliphatic heterocycles. The zero-order chi connectivity index (χ0) is 27.2. The molecule has 1 aliphatic rings. The summed E-state index contributed by atoms with van der Waals surface area (Å²) < 4.78 is 26.1. The second-order valence-corrected chi connectivity index (χ2v) is 9.15. The van der Waals surface area contributed by atoms with E-state index in [1.807, 2.05) is 29.2 Å². The number of aromatic nitrogens is 2. The lowest BCUT2D eigenvalue weighted by Crippen LogP contribution is -2.37. The number of carboxylic acid groups (broad SMARTS) is 1. The highest BCUT2D eigenvalue weighted by Crippen LogP contribution is 2.32. The van der Waals surface area contributed by atoms with Crippen molar-refractivity contribution in [2.24, 2.45) is 5.92 Å². The zero-order valence-electron chi connectivity index (χ0n) is 21.0. The summed E-state index contributed by atoms with van der Waals surface area (Å²) in [6, 6.07) is 22.4. The molecule has 9 heteroatoms. The Balaban J connectivity index is 1.27. The van der Waals surface area contributed by atoms with Crippen molar-refractivity contribution in [1.29, 1.82) is 5.26 Å². The summed E-state index contributed by atoms with van der Waals surface area (Å²) in [7, 11) is 0. The van der Waals surface area contributed by atoms with Crippen LogP contribution in [0.4, 0.5) is 10.3 Å². The van der Waals surface area contributed by atoms with E-state index in [4.69, 9.17) is 14.7 Å². The number of nitriles is 1. The summed E-state index contributed by atoms with van der Waals surface area (Å²) in [4.78, 5) is 22.2. The van der Waals surface area contributed by atoms with E-state index >= 15 is 0 Å². The van der Waals surface area contributed by atoms with Crippen LogP contribution in [0.1, 0.15) is 24.0 Å². The van der Waals surface area contributed by atoms with Gasteiger partial charge in [-0.05, 0) is 79.1 Å². The number of hydrogen-bond donors (Lipinski definition) is 1. The summed E-state index contributed by atoms with van der Waals surface area (Å²) in [5.41, 5.74) is 2.47. The second-order valence-electron chi connectivity index (χ2n) is 9.15. The number of anilines is 1. The molecule has 4 aromatic rings. The monoisotopic (exact) mass is 524 g/mol. The Bertz CT molecular complexity index is 1500. The molecule has 0 amide bonds. The van der Waals surface area contributed by atoms with Crippen LogP contribution in [0.15, 0.2) is 79.0 Å². The molecule has 196 valence electrons. The van der Waals surface area contributed by atoms with E-state index in [0.29, 0.717) is 65.9 Å². The molecule has 0 radical (unpaired) electrons.